The second-order valence-electron chi connectivity index (χ2n) is 1.34. The molecular formula is C5H11NaO3. The topological polar surface area (TPSA) is 46.5 Å². The first-order valence-corrected chi connectivity index (χ1v) is 2.57. The predicted molar refractivity (Wildman–Crippen MR) is 35.9 cm³/mol. The van der Waals surface area contributed by atoms with Gasteiger partial charge in [-0.1, -0.05) is 0 Å². The second-order valence-corrected chi connectivity index (χ2v) is 1.34. The Morgan fingerprint density at radius 3 is 2.56 bits per heavy atom. The van der Waals surface area contributed by atoms with Crippen LogP contribution in [0.1, 0.15) is 13.3 Å². The van der Waals surface area contributed by atoms with E-state index in [4.69, 9.17) is 9.84 Å². The Kier molecular flexibility index (Phi) is 11.4. The molecule has 0 fully saturated rings. The first kappa shape index (κ1) is 12.1. The fourth-order valence-corrected chi connectivity index (χ4v) is 0.304. The van der Waals surface area contributed by atoms with Crippen LogP contribution in [0.2, 0.25) is 0 Å². The molecule has 0 heterocycles. The van der Waals surface area contributed by atoms with Crippen molar-refractivity contribution >= 4 is 35.5 Å². The molecule has 1 N–H and O–H groups in total. The molecule has 0 aromatic carbocycles. The summed E-state index contributed by atoms with van der Waals surface area (Å²) in [5.41, 5.74) is 0. The van der Waals surface area contributed by atoms with Crippen LogP contribution in [0.25, 0.3) is 0 Å². The van der Waals surface area contributed by atoms with Crippen molar-refractivity contribution in [3.63, 3.8) is 0 Å². The Balaban J connectivity index is 0. The summed E-state index contributed by atoms with van der Waals surface area (Å²) in [6, 6.07) is 0. The van der Waals surface area contributed by atoms with Crippen molar-refractivity contribution in [1.82, 2.24) is 0 Å². The quantitative estimate of drug-likeness (QED) is 0.438. The molecule has 0 saturated heterocycles. The zero-order valence-electron chi connectivity index (χ0n) is 4.89. The average Bonchev–Trinajstić information content (AvgIpc) is 1.66. The first-order chi connectivity index (χ1) is 3.77. The van der Waals surface area contributed by atoms with Gasteiger partial charge in [0, 0.05) is 6.61 Å². The minimum atomic E-state index is -0.807. The van der Waals surface area contributed by atoms with Crippen LogP contribution in [0.5, 0.6) is 0 Å². The molecule has 0 atom stereocenters. The Labute approximate surface area is 76.7 Å². The molecule has 0 aromatic rings. The predicted octanol–water partition coefficient (Wildman–Crippen LogP) is -0.151. The van der Waals surface area contributed by atoms with E-state index in [1.165, 1.54) is 0 Å². The molecule has 0 rings (SSSR count). The molecule has 0 saturated carbocycles. The number of ether oxygens (including phenoxy) is 1. The summed E-state index contributed by atoms with van der Waals surface area (Å²) in [7, 11) is 0. The van der Waals surface area contributed by atoms with Gasteiger partial charge in [0.05, 0.1) is 13.0 Å². The van der Waals surface area contributed by atoms with Crippen LogP contribution in [-0.2, 0) is 9.53 Å². The van der Waals surface area contributed by atoms with Crippen molar-refractivity contribution in [2.75, 3.05) is 13.2 Å². The molecule has 0 aliphatic carbocycles. The number of carbonyl (C=O) groups is 1. The summed E-state index contributed by atoms with van der Waals surface area (Å²) in [6.45, 7) is 2.75. The van der Waals surface area contributed by atoms with Gasteiger partial charge in [-0.25, -0.2) is 0 Å². The summed E-state index contributed by atoms with van der Waals surface area (Å²) in [6.07, 6.45) is 0.105. The Morgan fingerprint density at radius 2 is 2.22 bits per heavy atom. The summed E-state index contributed by atoms with van der Waals surface area (Å²) in [5.74, 6) is -0.807. The number of carboxylic acids is 1. The van der Waals surface area contributed by atoms with Crippen LogP contribution in [0.15, 0.2) is 0 Å². The van der Waals surface area contributed by atoms with E-state index in [0.29, 0.717) is 13.2 Å². The average molecular weight is 142 g/mol. The second kappa shape index (κ2) is 8.43. The van der Waals surface area contributed by atoms with E-state index in [1.807, 2.05) is 6.92 Å². The van der Waals surface area contributed by atoms with Crippen LogP contribution >= 0.6 is 0 Å². The minimum absolute atomic E-state index is 0. The Hall–Kier alpha value is 0.430. The molecule has 0 aliphatic heterocycles. The summed E-state index contributed by atoms with van der Waals surface area (Å²) >= 11 is 0. The number of hydrogen-bond donors (Lipinski definition) is 1. The standard InChI is InChI=1S/C5H10O3.Na.H/c1-2-8-4-3-5(6)7;;/h2-4H2,1H3,(H,6,7);;. The van der Waals surface area contributed by atoms with Gasteiger partial charge >= 0.3 is 35.5 Å². The number of rotatable bonds is 4. The molecule has 3 nitrogen and oxygen atoms in total. The molecule has 0 aromatic heterocycles. The molecule has 0 bridgehead atoms. The van der Waals surface area contributed by atoms with E-state index in [1.54, 1.807) is 0 Å². The fourth-order valence-electron chi connectivity index (χ4n) is 0.304. The van der Waals surface area contributed by atoms with Gasteiger partial charge in [-0.3, -0.25) is 4.79 Å². The molecule has 0 radical (unpaired) electrons. The molecule has 50 valence electrons. The van der Waals surface area contributed by atoms with E-state index in [2.05, 4.69) is 0 Å². The van der Waals surface area contributed by atoms with Gasteiger partial charge in [0.2, 0.25) is 0 Å². The van der Waals surface area contributed by atoms with Crippen molar-refractivity contribution in [2.24, 2.45) is 0 Å². The SMILES string of the molecule is CCOCCC(=O)O.[NaH]. The number of hydrogen-bond acceptors (Lipinski definition) is 2. The molecule has 0 amide bonds. The van der Waals surface area contributed by atoms with Crippen LogP contribution in [0.4, 0.5) is 0 Å². The number of carboxylic acid groups (broad SMARTS) is 1. The van der Waals surface area contributed by atoms with Gasteiger partial charge in [-0.2, -0.15) is 0 Å². The van der Waals surface area contributed by atoms with E-state index < -0.39 is 5.97 Å². The molecule has 0 spiro atoms. The molecule has 0 aliphatic rings. The van der Waals surface area contributed by atoms with Crippen molar-refractivity contribution in [3.8, 4) is 0 Å². The van der Waals surface area contributed by atoms with Crippen molar-refractivity contribution in [1.29, 1.82) is 0 Å². The Morgan fingerprint density at radius 1 is 1.67 bits per heavy atom. The third-order valence-electron chi connectivity index (χ3n) is 0.664. The molecule has 4 heteroatoms. The third-order valence-corrected chi connectivity index (χ3v) is 0.664. The van der Waals surface area contributed by atoms with Gasteiger partial charge in [-0.15, -0.1) is 0 Å². The number of aliphatic carboxylic acids is 1. The summed E-state index contributed by atoms with van der Waals surface area (Å²) in [5, 5.41) is 8.06. The first-order valence-electron chi connectivity index (χ1n) is 2.57. The Bertz CT molecular complexity index is 74.6. The maximum atomic E-state index is 9.79. The fraction of sp³-hybridized carbons (Fsp3) is 0.800. The molecule has 9 heavy (non-hydrogen) atoms. The van der Waals surface area contributed by atoms with Crippen LogP contribution in [0, 0.1) is 0 Å². The normalized spacial score (nSPS) is 8.11. The van der Waals surface area contributed by atoms with Crippen molar-refractivity contribution in [2.45, 2.75) is 13.3 Å². The molecule has 0 unspecified atom stereocenters. The van der Waals surface area contributed by atoms with E-state index in [-0.39, 0.29) is 36.0 Å². The van der Waals surface area contributed by atoms with Crippen molar-refractivity contribution < 1.29 is 14.6 Å². The van der Waals surface area contributed by atoms with Gasteiger partial charge in [0.1, 0.15) is 0 Å². The van der Waals surface area contributed by atoms with Gasteiger partial charge in [0.15, 0.2) is 0 Å². The van der Waals surface area contributed by atoms with Gasteiger partial charge in [0.25, 0.3) is 0 Å². The van der Waals surface area contributed by atoms with Gasteiger partial charge in [-0.05, 0) is 6.92 Å². The van der Waals surface area contributed by atoms with Crippen LogP contribution in [-0.4, -0.2) is 53.8 Å². The zero-order chi connectivity index (χ0) is 6.41. The van der Waals surface area contributed by atoms with Gasteiger partial charge < -0.3 is 9.84 Å². The van der Waals surface area contributed by atoms with E-state index >= 15 is 0 Å². The third kappa shape index (κ3) is 11.8. The van der Waals surface area contributed by atoms with E-state index in [0.717, 1.165) is 0 Å². The van der Waals surface area contributed by atoms with Crippen LogP contribution < -0.4 is 0 Å². The molecular weight excluding hydrogens is 131 g/mol. The summed E-state index contributed by atoms with van der Waals surface area (Å²) in [4.78, 5) is 9.79. The van der Waals surface area contributed by atoms with Crippen LogP contribution in [0.3, 0.4) is 0 Å². The monoisotopic (exact) mass is 142 g/mol. The zero-order valence-corrected chi connectivity index (χ0v) is 4.89. The van der Waals surface area contributed by atoms with E-state index in [9.17, 15) is 4.79 Å². The summed E-state index contributed by atoms with van der Waals surface area (Å²) < 4.78 is 4.76. The maximum absolute atomic E-state index is 9.79. The van der Waals surface area contributed by atoms with Crippen molar-refractivity contribution in [3.05, 3.63) is 0 Å².